The van der Waals surface area contributed by atoms with E-state index in [1.807, 2.05) is 0 Å². The lowest BCUT2D eigenvalue weighted by molar-refractivity contribution is -0.147. The largest absolute Gasteiger partial charge is 0.466 e. The highest BCUT2D eigenvalue weighted by molar-refractivity contribution is 6.30. The Kier molecular flexibility index (Phi) is 5.95. The van der Waals surface area contributed by atoms with E-state index in [0.29, 0.717) is 11.3 Å². The topological polar surface area (TPSA) is 83.8 Å². The maximum absolute atomic E-state index is 11.2. The Hall–Kier alpha value is -1.43. The maximum Gasteiger partial charge on any atom is 0.308 e. The van der Waals surface area contributed by atoms with Gasteiger partial charge in [-0.3, -0.25) is 9.59 Å². The molecular weight excluding hydrogens is 272 g/mol. The highest BCUT2D eigenvalue weighted by Crippen LogP contribution is 2.24. The van der Waals surface area contributed by atoms with E-state index in [1.54, 1.807) is 6.92 Å². The molecule has 0 radical (unpaired) electrons. The quantitative estimate of drug-likeness (QED) is 0.611. The molecule has 0 aliphatic rings. The number of rotatable bonds is 6. The van der Waals surface area contributed by atoms with Crippen molar-refractivity contribution < 1.29 is 24.5 Å². The third kappa shape index (κ3) is 4.31. The Morgan fingerprint density at radius 3 is 2.74 bits per heavy atom. The molecule has 104 valence electrons. The second-order valence-corrected chi connectivity index (χ2v) is 4.35. The Labute approximate surface area is 115 Å². The number of aliphatic hydroxyl groups is 2. The number of halogens is 1. The number of aldehydes is 1. The zero-order chi connectivity index (χ0) is 14.4. The van der Waals surface area contributed by atoms with E-state index < -0.39 is 18.2 Å². The fraction of sp³-hybridized carbons (Fsp3) is 0.385. The van der Waals surface area contributed by atoms with Crippen LogP contribution in [0.4, 0.5) is 0 Å². The first-order valence-corrected chi connectivity index (χ1v) is 6.13. The monoisotopic (exact) mass is 286 g/mol. The van der Waals surface area contributed by atoms with Crippen LogP contribution in [0.5, 0.6) is 0 Å². The van der Waals surface area contributed by atoms with E-state index in [9.17, 15) is 19.8 Å². The highest BCUT2D eigenvalue weighted by Gasteiger charge is 2.24. The normalized spacial score (nSPS) is 13.7. The molecule has 5 nitrogen and oxygen atoms in total. The fourth-order valence-electron chi connectivity index (χ4n) is 1.63. The zero-order valence-corrected chi connectivity index (χ0v) is 11.1. The van der Waals surface area contributed by atoms with Crippen molar-refractivity contribution in [2.45, 2.75) is 25.6 Å². The van der Waals surface area contributed by atoms with E-state index in [4.69, 9.17) is 11.6 Å². The summed E-state index contributed by atoms with van der Waals surface area (Å²) in [5, 5.41) is 20.1. The van der Waals surface area contributed by atoms with Gasteiger partial charge in [-0.2, -0.15) is 0 Å². The molecule has 2 N–H and O–H groups in total. The number of aliphatic hydroxyl groups excluding tert-OH is 2. The molecule has 0 saturated carbocycles. The first-order valence-electron chi connectivity index (χ1n) is 5.76. The predicted molar refractivity (Wildman–Crippen MR) is 69.1 cm³/mol. The molecular formula is C13H15ClO5. The molecule has 0 spiro atoms. The molecule has 1 aromatic rings. The molecule has 0 aliphatic heterocycles. The van der Waals surface area contributed by atoms with Crippen molar-refractivity contribution in [1.29, 1.82) is 0 Å². The number of esters is 1. The van der Waals surface area contributed by atoms with Gasteiger partial charge in [0, 0.05) is 10.6 Å². The summed E-state index contributed by atoms with van der Waals surface area (Å²) in [5.74, 6) is -0.615. The lowest BCUT2D eigenvalue weighted by atomic mass is 9.98. The van der Waals surface area contributed by atoms with Crippen LogP contribution < -0.4 is 0 Å². The van der Waals surface area contributed by atoms with Crippen molar-refractivity contribution in [2.24, 2.45) is 0 Å². The van der Waals surface area contributed by atoms with Crippen LogP contribution in [0.15, 0.2) is 18.2 Å². The summed E-state index contributed by atoms with van der Waals surface area (Å²) < 4.78 is 4.67. The summed E-state index contributed by atoms with van der Waals surface area (Å²) in [4.78, 5) is 22.1. The second-order valence-electron chi connectivity index (χ2n) is 3.91. The summed E-state index contributed by atoms with van der Waals surface area (Å²) in [5.41, 5.74) is 0.388. The number of benzene rings is 1. The lowest BCUT2D eigenvalue weighted by Gasteiger charge is -2.18. The van der Waals surface area contributed by atoms with Crippen molar-refractivity contribution in [2.75, 3.05) is 6.61 Å². The van der Waals surface area contributed by atoms with Gasteiger partial charge in [0.2, 0.25) is 0 Å². The van der Waals surface area contributed by atoms with Gasteiger partial charge in [0.05, 0.1) is 19.1 Å². The number of carbonyl (C=O) groups excluding carboxylic acids is 2. The van der Waals surface area contributed by atoms with Crippen LogP contribution in [0.25, 0.3) is 0 Å². The predicted octanol–water partition coefficient (Wildman–Crippen LogP) is 1.50. The molecule has 0 fully saturated rings. The van der Waals surface area contributed by atoms with Gasteiger partial charge in [0.1, 0.15) is 12.4 Å². The van der Waals surface area contributed by atoms with E-state index in [1.165, 1.54) is 18.2 Å². The lowest BCUT2D eigenvalue weighted by Crippen LogP contribution is -2.24. The maximum atomic E-state index is 11.2. The van der Waals surface area contributed by atoms with Crippen molar-refractivity contribution >= 4 is 23.9 Å². The van der Waals surface area contributed by atoms with Crippen molar-refractivity contribution in [3.8, 4) is 0 Å². The summed E-state index contributed by atoms with van der Waals surface area (Å²) in [6.45, 7) is 1.84. The number of hydrogen-bond acceptors (Lipinski definition) is 5. The van der Waals surface area contributed by atoms with Gasteiger partial charge in [-0.25, -0.2) is 0 Å². The minimum atomic E-state index is -1.36. The van der Waals surface area contributed by atoms with Gasteiger partial charge in [-0.1, -0.05) is 17.7 Å². The molecule has 0 aliphatic carbocycles. The van der Waals surface area contributed by atoms with Crippen molar-refractivity contribution in [3.63, 3.8) is 0 Å². The molecule has 6 heteroatoms. The Bertz CT molecular complexity index is 460. The van der Waals surface area contributed by atoms with Crippen molar-refractivity contribution in [1.82, 2.24) is 0 Å². The molecule has 0 aromatic heterocycles. The van der Waals surface area contributed by atoms with Gasteiger partial charge in [-0.05, 0) is 24.6 Å². The third-order valence-corrected chi connectivity index (χ3v) is 2.78. The van der Waals surface area contributed by atoms with Gasteiger partial charge in [0.25, 0.3) is 0 Å². The van der Waals surface area contributed by atoms with Crippen LogP contribution in [0.3, 0.4) is 0 Å². The molecule has 1 aromatic carbocycles. The summed E-state index contributed by atoms with van der Waals surface area (Å²) in [7, 11) is 0. The van der Waals surface area contributed by atoms with Gasteiger partial charge in [0.15, 0.2) is 0 Å². The van der Waals surface area contributed by atoms with Crippen molar-refractivity contribution in [3.05, 3.63) is 34.3 Å². The number of carbonyl (C=O) groups is 2. The highest BCUT2D eigenvalue weighted by atomic mass is 35.5. The standard InChI is InChI=1S/C13H15ClO5/c1-2-19-12(17)6-11(16)13(18)10-4-3-9(14)5-8(10)7-15/h3-5,7,11,13,16,18H,2,6H2,1H3. The van der Waals surface area contributed by atoms with Crippen LogP contribution in [0.2, 0.25) is 5.02 Å². The Morgan fingerprint density at radius 2 is 2.16 bits per heavy atom. The molecule has 1 rings (SSSR count). The second kappa shape index (κ2) is 7.23. The molecule has 2 unspecified atom stereocenters. The molecule has 0 heterocycles. The zero-order valence-electron chi connectivity index (χ0n) is 10.4. The average molecular weight is 287 g/mol. The minimum absolute atomic E-state index is 0.169. The van der Waals surface area contributed by atoms with Crippen LogP contribution in [0.1, 0.15) is 35.4 Å². The first-order chi connectivity index (χ1) is 8.99. The van der Waals surface area contributed by atoms with E-state index in [0.717, 1.165) is 0 Å². The summed E-state index contributed by atoms with van der Waals surface area (Å²) in [6.07, 6.45) is -2.53. The van der Waals surface area contributed by atoms with Crippen LogP contribution in [-0.4, -0.2) is 35.2 Å². The molecule has 0 bridgehead atoms. The Balaban J connectivity index is 2.84. The van der Waals surface area contributed by atoms with E-state index in [2.05, 4.69) is 4.74 Å². The van der Waals surface area contributed by atoms with Crippen LogP contribution in [0, 0.1) is 0 Å². The van der Waals surface area contributed by atoms with E-state index in [-0.39, 0.29) is 24.2 Å². The molecule has 19 heavy (non-hydrogen) atoms. The van der Waals surface area contributed by atoms with Crippen LogP contribution >= 0.6 is 11.6 Å². The summed E-state index contributed by atoms with van der Waals surface area (Å²) >= 11 is 5.73. The SMILES string of the molecule is CCOC(=O)CC(O)C(O)c1ccc(Cl)cc1C=O. The van der Waals surface area contributed by atoms with Crippen LogP contribution in [-0.2, 0) is 9.53 Å². The number of ether oxygens (including phenoxy) is 1. The first kappa shape index (κ1) is 15.6. The molecule has 0 amide bonds. The third-order valence-electron chi connectivity index (χ3n) is 2.54. The molecule has 2 atom stereocenters. The number of hydrogen-bond donors (Lipinski definition) is 2. The van der Waals surface area contributed by atoms with Gasteiger partial charge in [-0.15, -0.1) is 0 Å². The molecule has 0 saturated heterocycles. The average Bonchev–Trinajstić information content (AvgIpc) is 2.37. The van der Waals surface area contributed by atoms with Gasteiger partial charge >= 0.3 is 5.97 Å². The van der Waals surface area contributed by atoms with Gasteiger partial charge < -0.3 is 14.9 Å². The minimum Gasteiger partial charge on any atom is -0.466 e. The summed E-state index contributed by atoms with van der Waals surface area (Å²) in [6, 6.07) is 4.31. The smallest absolute Gasteiger partial charge is 0.308 e. The fourth-order valence-corrected chi connectivity index (χ4v) is 1.81. The Morgan fingerprint density at radius 1 is 1.47 bits per heavy atom. The van der Waals surface area contributed by atoms with E-state index >= 15 is 0 Å².